The SMILES string of the molecule is Cc1cc(CO)cc(N(CCO)CC(F)(F)F)n1. The number of nitrogens with zero attached hydrogens (tertiary/aromatic N) is 2. The number of aliphatic hydroxyl groups excluding tert-OH is 2. The fourth-order valence-electron chi connectivity index (χ4n) is 1.59. The van der Waals surface area contributed by atoms with Crippen LogP contribution in [0.15, 0.2) is 12.1 Å². The van der Waals surface area contributed by atoms with E-state index >= 15 is 0 Å². The van der Waals surface area contributed by atoms with Crippen LogP contribution in [0.5, 0.6) is 0 Å². The van der Waals surface area contributed by atoms with E-state index in [0.717, 1.165) is 4.90 Å². The Bertz CT molecular complexity index is 396. The molecule has 0 amide bonds. The summed E-state index contributed by atoms with van der Waals surface area (Å²) in [7, 11) is 0. The fraction of sp³-hybridized carbons (Fsp3) is 0.545. The molecule has 2 N–H and O–H groups in total. The van der Waals surface area contributed by atoms with Crippen LogP contribution in [-0.4, -0.2) is 41.1 Å². The Labute approximate surface area is 103 Å². The van der Waals surface area contributed by atoms with Gasteiger partial charge >= 0.3 is 6.18 Å². The highest BCUT2D eigenvalue weighted by Gasteiger charge is 2.31. The number of aliphatic hydroxyl groups is 2. The molecular formula is C11H15F3N2O2. The van der Waals surface area contributed by atoms with Gasteiger partial charge in [0.05, 0.1) is 13.2 Å². The summed E-state index contributed by atoms with van der Waals surface area (Å²) in [6.45, 7) is -0.390. The molecule has 0 atom stereocenters. The number of aryl methyl sites for hydroxylation is 1. The molecule has 1 rings (SSSR count). The van der Waals surface area contributed by atoms with Crippen LogP contribution in [0, 0.1) is 6.92 Å². The molecule has 0 aliphatic rings. The normalized spacial score (nSPS) is 11.7. The lowest BCUT2D eigenvalue weighted by Gasteiger charge is -2.24. The predicted octanol–water partition coefficient (Wildman–Crippen LogP) is 1.24. The quantitative estimate of drug-likeness (QED) is 0.840. The van der Waals surface area contributed by atoms with Crippen LogP contribution in [0.1, 0.15) is 11.3 Å². The summed E-state index contributed by atoms with van der Waals surface area (Å²) in [5.74, 6) is 0.102. The minimum Gasteiger partial charge on any atom is -0.395 e. The summed E-state index contributed by atoms with van der Waals surface area (Å²) in [6.07, 6.45) is -4.38. The molecule has 0 saturated heterocycles. The van der Waals surface area contributed by atoms with E-state index in [0.29, 0.717) is 11.3 Å². The lowest BCUT2D eigenvalue weighted by Crippen LogP contribution is -2.37. The first-order valence-corrected chi connectivity index (χ1v) is 5.36. The van der Waals surface area contributed by atoms with Gasteiger partial charge in [-0.1, -0.05) is 0 Å². The molecule has 0 aliphatic heterocycles. The van der Waals surface area contributed by atoms with Crippen LogP contribution < -0.4 is 4.90 Å². The second-order valence-electron chi connectivity index (χ2n) is 3.89. The smallest absolute Gasteiger partial charge is 0.395 e. The topological polar surface area (TPSA) is 56.6 Å². The first kappa shape index (κ1) is 14.7. The Morgan fingerprint density at radius 2 is 1.94 bits per heavy atom. The van der Waals surface area contributed by atoms with Gasteiger partial charge < -0.3 is 15.1 Å². The molecule has 0 aliphatic carbocycles. The lowest BCUT2D eigenvalue weighted by molar-refractivity contribution is -0.120. The van der Waals surface area contributed by atoms with Gasteiger partial charge in [-0.3, -0.25) is 0 Å². The molecule has 1 aromatic heterocycles. The van der Waals surface area contributed by atoms with Crippen molar-refractivity contribution in [2.45, 2.75) is 19.7 Å². The van der Waals surface area contributed by atoms with Crippen LogP contribution in [0.25, 0.3) is 0 Å². The lowest BCUT2D eigenvalue weighted by atomic mass is 10.2. The van der Waals surface area contributed by atoms with Gasteiger partial charge in [-0.15, -0.1) is 0 Å². The number of aromatic nitrogens is 1. The zero-order chi connectivity index (χ0) is 13.8. The maximum atomic E-state index is 12.4. The average Bonchev–Trinajstić information content (AvgIpc) is 2.26. The summed E-state index contributed by atoms with van der Waals surface area (Å²) in [4.78, 5) is 4.93. The molecule has 0 spiro atoms. The second kappa shape index (κ2) is 6.01. The highest BCUT2D eigenvalue weighted by Crippen LogP contribution is 2.21. The maximum Gasteiger partial charge on any atom is 0.405 e. The number of hydrogen-bond acceptors (Lipinski definition) is 4. The van der Waals surface area contributed by atoms with Crippen LogP contribution in [0.4, 0.5) is 19.0 Å². The van der Waals surface area contributed by atoms with Crippen LogP contribution in [0.3, 0.4) is 0 Å². The molecule has 102 valence electrons. The molecule has 18 heavy (non-hydrogen) atoms. The molecule has 0 aromatic carbocycles. The van der Waals surface area contributed by atoms with E-state index in [2.05, 4.69) is 4.98 Å². The van der Waals surface area contributed by atoms with Gasteiger partial charge in [-0.05, 0) is 24.6 Å². The molecule has 0 saturated carbocycles. The first-order valence-electron chi connectivity index (χ1n) is 5.36. The third-order valence-corrected chi connectivity index (χ3v) is 2.25. The van der Waals surface area contributed by atoms with Crippen molar-refractivity contribution in [2.75, 3.05) is 24.6 Å². The number of anilines is 1. The number of pyridine rings is 1. The second-order valence-corrected chi connectivity index (χ2v) is 3.89. The Morgan fingerprint density at radius 1 is 1.28 bits per heavy atom. The van der Waals surface area contributed by atoms with E-state index < -0.39 is 19.3 Å². The minimum absolute atomic E-state index is 0.102. The Kier molecular flexibility index (Phi) is 4.92. The number of rotatable bonds is 5. The van der Waals surface area contributed by atoms with Gasteiger partial charge in [-0.2, -0.15) is 13.2 Å². The van der Waals surface area contributed by atoms with Crippen molar-refractivity contribution < 1.29 is 23.4 Å². The third-order valence-electron chi connectivity index (χ3n) is 2.25. The number of halogens is 3. The van der Waals surface area contributed by atoms with Gasteiger partial charge in [0.1, 0.15) is 12.4 Å². The van der Waals surface area contributed by atoms with Crippen molar-refractivity contribution in [3.05, 3.63) is 23.4 Å². The van der Waals surface area contributed by atoms with E-state index in [1.54, 1.807) is 13.0 Å². The Balaban J connectivity index is 3.01. The van der Waals surface area contributed by atoms with Crippen molar-refractivity contribution in [3.8, 4) is 0 Å². The van der Waals surface area contributed by atoms with Crippen molar-refractivity contribution in [2.24, 2.45) is 0 Å². The van der Waals surface area contributed by atoms with Crippen LogP contribution in [-0.2, 0) is 6.61 Å². The van der Waals surface area contributed by atoms with Gasteiger partial charge in [0.2, 0.25) is 0 Å². The zero-order valence-corrected chi connectivity index (χ0v) is 9.91. The van der Waals surface area contributed by atoms with Crippen LogP contribution >= 0.6 is 0 Å². The van der Waals surface area contributed by atoms with Gasteiger partial charge in [-0.25, -0.2) is 4.98 Å². The summed E-state index contributed by atoms with van der Waals surface area (Å²) >= 11 is 0. The fourth-order valence-corrected chi connectivity index (χ4v) is 1.59. The van der Waals surface area contributed by atoms with Gasteiger partial charge in [0, 0.05) is 12.2 Å². The van der Waals surface area contributed by atoms with Crippen molar-refractivity contribution in [1.29, 1.82) is 0 Å². The van der Waals surface area contributed by atoms with E-state index in [4.69, 9.17) is 10.2 Å². The molecule has 0 fully saturated rings. The van der Waals surface area contributed by atoms with Crippen molar-refractivity contribution in [3.63, 3.8) is 0 Å². The standard InChI is InChI=1S/C11H15F3N2O2/c1-8-4-9(6-18)5-10(15-8)16(2-3-17)7-11(12,13)14/h4-5,17-18H,2-3,6-7H2,1H3. The minimum atomic E-state index is -4.38. The maximum absolute atomic E-state index is 12.4. The third kappa shape index (κ3) is 4.50. The summed E-state index contributed by atoms with van der Waals surface area (Å²) in [5.41, 5.74) is 1.00. The summed E-state index contributed by atoms with van der Waals surface area (Å²) in [5, 5.41) is 17.8. The molecule has 1 heterocycles. The zero-order valence-electron chi connectivity index (χ0n) is 9.91. The molecular weight excluding hydrogens is 249 g/mol. The van der Waals surface area contributed by atoms with Crippen LogP contribution in [0.2, 0.25) is 0 Å². The average molecular weight is 264 g/mol. The van der Waals surface area contributed by atoms with Crippen molar-refractivity contribution in [1.82, 2.24) is 4.98 Å². The molecule has 4 nitrogen and oxygen atoms in total. The van der Waals surface area contributed by atoms with Gasteiger partial charge in [0.15, 0.2) is 0 Å². The van der Waals surface area contributed by atoms with E-state index in [9.17, 15) is 13.2 Å². The van der Waals surface area contributed by atoms with Gasteiger partial charge in [0.25, 0.3) is 0 Å². The predicted molar refractivity (Wildman–Crippen MR) is 60.3 cm³/mol. The van der Waals surface area contributed by atoms with E-state index in [-0.39, 0.29) is 19.0 Å². The summed E-state index contributed by atoms with van der Waals surface area (Å²) in [6, 6.07) is 2.97. The number of alkyl halides is 3. The first-order chi connectivity index (χ1) is 8.35. The molecule has 0 unspecified atom stereocenters. The largest absolute Gasteiger partial charge is 0.405 e. The highest BCUT2D eigenvalue weighted by atomic mass is 19.4. The van der Waals surface area contributed by atoms with Crippen molar-refractivity contribution >= 4 is 5.82 Å². The Hall–Kier alpha value is -1.34. The monoisotopic (exact) mass is 264 g/mol. The summed E-state index contributed by atoms with van der Waals surface area (Å²) < 4.78 is 37.2. The number of hydrogen-bond donors (Lipinski definition) is 2. The molecule has 0 bridgehead atoms. The Morgan fingerprint density at radius 3 is 2.44 bits per heavy atom. The molecule has 7 heteroatoms. The molecule has 1 aromatic rings. The molecule has 0 radical (unpaired) electrons. The highest BCUT2D eigenvalue weighted by molar-refractivity contribution is 5.42. The van der Waals surface area contributed by atoms with E-state index in [1.807, 2.05) is 0 Å². The van der Waals surface area contributed by atoms with E-state index in [1.165, 1.54) is 6.07 Å².